The zero-order chi connectivity index (χ0) is 17.6. The summed E-state index contributed by atoms with van der Waals surface area (Å²) in [7, 11) is -2.01. The van der Waals surface area contributed by atoms with Gasteiger partial charge < -0.3 is 10.1 Å². The van der Waals surface area contributed by atoms with Crippen molar-refractivity contribution in [1.29, 1.82) is 0 Å². The first-order valence-electron chi connectivity index (χ1n) is 7.97. The number of rotatable bonds is 8. The Morgan fingerprint density at radius 2 is 2.08 bits per heavy atom. The lowest BCUT2D eigenvalue weighted by molar-refractivity contribution is -0.115. The Kier molecular flexibility index (Phi) is 7.09. The second kappa shape index (κ2) is 8.84. The second-order valence-electron chi connectivity index (χ2n) is 5.55. The largest absolute Gasteiger partial charge is 0.383 e. The number of anilines is 1. The summed E-state index contributed by atoms with van der Waals surface area (Å²) >= 11 is 1.77. The minimum atomic E-state index is -3.58. The van der Waals surface area contributed by atoms with Gasteiger partial charge in [0.25, 0.3) is 0 Å². The molecule has 0 aliphatic carbocycles. The highest BCUT2D eigenvalue weighted by atomic mass is 32.2. The predicted molar refractivity (Wildman–Crippen MR) is 96.9 cm³/mol. The number of sulfonamides is 1. The lowest BCUT2D eigenvalue weighted by atomic mass is 10.3. The Bertz CT molecular complexity index is 641. The molecule has 1 N–H and O–H groups in total. The second-order valence-corrected chi connectivity index (χ2v) is 8.59. The van der Waals surface area contributed by atoms with Gasteiger partial charge >= 0.3 is 0 Å². The van der Waals surface area contributed by atoms with E-state index in [4.69, 9.17) is 4.74 Å². The normalized spacial score (nSPS) is 18.0. The molecule has 1 aromatic rings. The van der Waals surface area contributed by atoms with Crippen molar-refractivity contribution in [1.82, 2.24) is 4.31 Å². The maximum absolute atomic E-state index is 13.0. The number of nitrogens with zero attached hydrogens (tertiary/aromatic N) is 1. The number of hydrogen-bond acceptors (Lipinski definition) is 5. The Morgan fingerprint density at radius 3 is 2.62 bits per heavy atom. The summed E-state index contributed by atoms with van der Waals surface area (Å²) in [6.45, 7) is 2.48. The van der Waals surface area contributed by atoms with Crippen molar-refractivity contribution in [2.45, 2.75) is 30.7 Å². The van der Waals surface area contributed by atoms with Gasteiger partial charge in [0.2, 0.25) is 15.9 Å². The van der Waals surface area contributed by atoms with E-state index in [1.807, 2.05) is 0 Å². The van der Waals surface area contributed by atoms with Gasteiger partial charge in [0.1, 0.15) is 0 Å². The van der Waals surface area contributed by atoms with Gasteiger partial charge in [-0.1, -0.05) is 6.92 Å². The van der Waals surface area contributed by atoms with Gasteiger partial charge in [-0.2, -0.15) is 16.1 Å². The molecule has 24 heavy (non-hydrogen) atoms. The molecular weight excluding hydrogens is 348 g/mol. The van der Waals surface area contributed by atoms with E-state index in [0.717, 1.165) is 17.9 Å². The first-order valence-corrected chi connectivity index (χ1v) is 10.6. The monoisotopic (exact) mass is 372 g/mol. The Hall–Kier alpha value is -1.09. The van der Waals surface area contributed by atoms with E-state index >= 15 is 0 Å². The van der Waals surface area contributed by atoms with Crippen LogP contribution in [-0.4, -0.2) is 56.4 Å². The van der Waals surface area contributed by atoms with E-state index < -0.39 is 10.0 Å². The summed E-state index contributed by atoms with van der Waals surface area (Å²) in [5.74, 6) is 1.69. The highest BCUT2D eigenvalue weighted by Crippen LogP contribution is 2.28. The van der Waals surface area contributed by atoms with Gasteiger partial charge in [0.05, 0.1) is 11.5 Å². The fraction of sp³-hybridized carbons (Fsp3) is 0.562. The molecule has 0 radical (unpaired) electrons. The maximum atomic E-state index is 13.0. The van der Waals surface area contributed by atoms with E-state index in [0.29, 0.717) is 25.3 Å². The number of amides is 1. The zero-order valence-electron chi connectivity index (χ0n) is 14.0. The average molecular weight is 373 g/mol. The fourth-order valence-electron chi connectivity index (χ4n) is 2.52. The molecule has 1 saturated heterocycles. The van der Waals surface area contributed by atoms with Crippen molar-refractivity contribution in [2.75, 3.05) is 37.1 Å². The summed E-state index contributed by atoms with van der Waals surface area (Å²) in [5.41, 5.74) is 0.598. The van der Waals surface area contributed by atoms with Gasteiger partial charge in [-0.25, -0.2) is 8.42 Å². The molecule has 1 atom stereocenters. The molecule has 0 spiro atoms. The van der Waals surface area contributed by atoms with Crippen molar-refractivity contribution in [2.24, 2.45) is 0 Å². The number of carbonyl (C=O) groups is 1. The predicted octanol–water partition coefficient (Wildman–Crippen LogP) is 2.18. The fourth-order valence-corrected chi connectivity index (χ4v) is 5.48. The summed E-state index contributed by atoms with van der Waals surface area (Å²) in [6.07, 6.45) is 1.24. The Labute approximate surface area is 148 Å². The third kappa shape index (κ3) is 4.72. The summed E-state index contributed by atoms with van der Waals surface area (Å²) in [5, 5.41) is 2.72. The van der Waals surface area contributed by atoms with Crippen LogP contribution in [0.3, 0.4) is 0 Å². The van der Waals surface area contributed by atoms with E-state index in [1.54, 1.807) is 54.4 Å². The lowest BCUT2D eigenvalue weighted by Gasteiger charge is -2.27. The number of ether oxygens (including phenoxy) is 1. The summed E-state index contributed by atoms with van der Waals surface area (Å²) in [4.78, 5) is 11.7. The lowest BCUT2D eigenvalue weighted by Crippen LogP contribution is -2.42. The highest BCUT2D eigenvalue weighted by Gasteiger charge is 2.33. The molecule has 0 bridgehead atoms. The first kappa shape index (κ1) is 19.2. The average Bonchev–Trinajstić information content (AvgIpc) is 3.09. The standard InChI is InChI=1S/C16H24N2O4S2/c1-3-16(19)17-13-4-6-15(7-5-13)24(20,21)18(9-10-22-2)14-8-11-23-12-14/h4-7,14H,3,8-12H2,1-2H3,(H,17,19). The van der Waals surface area contributed by atoms with Crippen molar-refractivity contribution in [3.8, 4) is 0 Å². The van der Waals surface area contributed by atoms with E-state index in [9.17, 15) is 13.2 Å². The molecule has 1 fully saturated rings. The van der Waals surface area contributed by atoms with Crippen LogP contribution in [0.15, 0.2) is 29.2 Å². The van der Waals surface area contributed by atoms with Crippen LogP contribution < -0.4 is 5.32 Å². The molecule has 0 aromatic heterocycles. The van der Waals surface area contributed by atoms with Crippen LogP contribution in [0.1, 0.15) is 19.8 Å². The minimum Gasteiger partial charge on any atom is -0.383 e. The van der Waals surface area contributed by atoms with Crippen LogP contribution in [0.2, 0.25) is 0 Å². The summed E-state index contributed by atoms with van der Waals surface area (Å²) in [6, 6.07) is 6.34. The molecule has 8 heteroatoms. The number of methoxy groups -OCH3 is 1. The van der Waals surface area contributed by atoms with E-state index in [2.05, 4.69) is 5.32 Å². The quantitative estimate of drug-likeness (QED) is 0.757. The molecule has 2 rings (SSSR count). The van der Waals surface area contributed by atoms with E-state index in [-0.39, 0.29) is 16.8 Å². The summed E-state index contributed by atoms with van der Waals surface area (Å²) < 4.78 is 32.6. The topological polar surface area (TPSA) is 75.7 Å². The molecule has 1 aliphatic rings. The zero-order valence-corrected chi connectivity index (χ0v) is 15.7. The van der Waals surface area contributed by atoms with Crippen molar-refractivity contribution >= 4 is 33.4 Å². The SMILES string of the molecule is CCC(=O)Nc1ccc(S(=O)(=O)N(CCOC)C2CCSC2)cc1. The van der Waals surface area contributed by atoms with Crippen LogP contribution in [0, 0.1) is 0 Å². The number of thioether (sulfide) groups is 1. The maximum Gasteiger partial charge on any atom is 0.243 e. The molecule has 0 saturated carbocycles. The van der Waals surface area contributed by atoms with Gasteiger partial charge in [-0.3, -0.25) is 4.79 Å². The highest BCUT2D eigenvalue weighted by molar-refractivity contribution is 7.99. The molecule has 1 aromatic carbocycles. The molecule has 1 amide bonds. The minimum absolute atomic E-state index is 0.00891. The molecule has 1 aliphatic heterocycles. The molecular formula is C16H24N2O4S2. The molecule has 1 unspecified atom stereocenters. The Balaban J connectivity index is 2.20. The van der Waals surface area contributed by atoms with Crippen LogP contribution in [0.4, 0.5) is 5.69 Å². The third-order valence-corrected chi connectivity index (χ3v) is 7.01. The Morgan fingerprint density at radius 1 is 1.38 bits per heavy atom. The van der Waals surface area contributed by atoms with Gasteiger partial charge in [0.15, 0.2) is 0 Å². The van der Waals surface area contributed by atoms with Crippen LogP contribution in [-0.2, 0) is 19.6 Å². The smallest absolute Gasteiger partial charge is 0.243 e. The van der Waals surface area contributed by atoms with Crippen LogP contribution >= 0.6 is 11.8 Å². The van der Waals surface area contributed by atoms with Gasteiger partial charge in [-0.05, 0) is 36.4 Å². The van der Waals surface area contributed by atoms with Crippen LogP contribution in [0.5, 0.6) is 0 Å². The van der Waals surface area contributed by atoms with Crippen molar-refractivity contribution < 1.29 is 17.9 Å². The molecule has 6 nitrogen and oxygen atoms in total. The third-order valence-electron chi connectivity index (χ3n) is 3.89. The molecule has 1 heterocycles. The van der Waals surface area contributed by atoms with Crippen molar-refractivity contribution in [3.05, 3.63) is 24.3 Å². The van der Waals surface area contributed by atoms with Gasteiger partial charge in [-0.15, -0.1) is 0 Å². The number of carbonyl (C=O) groups excluding carboxylic acids is 1. The number of nitrogens with one attached hydrogen (secondary N) is 1. The number of hydrogen-bond donors (Lipinski definition) is 1. The van der Waals surface area contributed by atoms with Crippen molar-refractivity contribution in [3.63, 3.8) is 0 Å². The van der Waals surface area contributed by atoms with Gasteiger partial charge in [0, 0.05) is 37.6 Å². The first-order chi connectivity index (χ1) is 11.5. The van der Waals surface area contributed by atoms with Crippen LogP contribution in [0.25, 0.3) is 0 Å². The molecule has 134 valence electrons. The number of benzene rings is 1. The van der Waals surface area contributed by atoms with E-state index in [1.165, 1.54) is 0 Å².